The van der Waals surface area contributed by atoms with Crippen molar-refractivity contribution in [3.05, 3.63) is 114 Å². The molecule has 0 fully saturated rings. The van der Waals surface area contributed by atoms with Crippen molar-refractivity contribution in [2.24, 2.45) is 0 Å². The van der Waals surface area contributed by atoms with Crippen molar-refractivity contribution in [1.82, 2.24) is 9.55 Å². The van der Waals surface area contributed by atoms with Crippen molar-refractivity contribution in [2.45, 2.75) is 65.7 Å². The van der Waals surface area contributed by atoms with Gasteiger partial charge in [-0.2, -0.15) is 0 Å². The molecule has 0 N–H and O–H groups in total. The Morgan fingerprint density at radius 1 is 0.810 bits per heavy atom. The molecule has 1 aromatic heterocycles. The largest absolute Gasteiger partial charge is 0.514 e. The summed E-state index contributed by atoms with van der Waals surface area (Å²) in [6.07, 6.45) is 2.35. The highest BCUT2D eigenvalue weighted by atomic mass is 16.7. The Morgan fingerprint density at radius 3 is 2.26 bits per heavy atom. The maximum absolute atomic E-state index is 12.3. The van der Waals surface area contributed by atoms with E-state index in [1.807, 2.05) is 69.3 Å². The average Bonchev–Trinajstić information content (AvgIpc) is 3.33. The van der Waals surface area contributed by atoms with E-state index < -0.39 is 11.8 Å². The van der Waals surface area contributed by atoms with Crippen molar-refractivity contribution in [3.63, 3.8) is 0 Å². The van der Waals surface area contributed by atoms with Crippen LogP contribution in [0.4, 0.5) is 4.79 Å². The van der Waals surface area contributed by atoms with Gasteiger partial charge in [0.15, 0.2) is 0 Å². The molecule has 6 nitrogen and oxygen atoms in total. The third kappa shape index (κ3) is 7.19. The van der Waals surface area contributed by atoms with Gasteiger partial charge in [0.25, 0.3) is 0 Å². The molecule has 216 valence electrons. The van der Waals surface area contributed by atoms with Crippen LogP contribution in [0.25, 0.3) is 22.2 Å². The lowest BCUT2D eigenvalue weighted by Gasteiger charge is -2.19. The Labute approximate surface area is 247 Å². The van der Waals surface area contributed by atoms with Crippen LogP contribution < -0.4 is 9.47 Å². The van der Waals surface area contributed by atoms with Gasteiger partial charge in [0.1, 0.15) is 35.0 Å². The molecule has 0 aliphatic carbocycles. The monoisotopic (exact) mass is 562 g/mol. The molecule has 6 heteroatoms. The molecular formula is C36H38N2O4. The molecule has 4 aromatic carbocycles. The highest BCUT2D eigenvalue weighted by Crippen LogP contribution is 2.32. The molecule has 0 aliphatic heterocycles. The molecule has 5 rings (SSSR count). The second kappa shape index (κ2) is 12.9. The van der Waals surface area contributed by atoms with Gasteiger partial charge in [-0.1, -0.05) is 92.2 Å². The zero-order chi connectivity index (χ0) is 29.5. The molecule has 0 saturated carbocycles. The number of aryl methyl sites for hydroxylation is 1. The first-order chi connectivity index (χ1) is 20.3. The fourth-order valence-electron chi connectivity index (χ4n) is 4.85. The summed E-state index contributed by atoms with van der Waals surface area (Å²) in [6.45, 7) is 8.83. The predicted molar refractivity (Wildman–Crippen MR) is 167 cm³/mol. The van der Waals surface area contributed by atoms with E-state index in [1.165, 1.54) is 0 Å². The van der Waals surface area contributed by atoms with Gasteiger partial charge in [0.2, 0.25) is 0 Å². The minimum absolute atomic E-state index is 0.463. The van der Waals surface area contributed by atoms with Crippen LogP contribution in [0, 0.1) is 0 Å². The van der Waals surface area contributed by atoms with Crippen molar-refractivity contribution >= 4 is 17.2 Å². The number of aromatic nitrogens is 2. The molecular weight excluding hydrogens is 524 g/mol. The van der Waals surface area contributed by atoms with Crippen molar-refractivity contribution in [3.8, 4) is 22.6 Å². The molecule has 0 amide bonds. The number of fused-ring (bicyclic) bond motifs is 1. The lowest BCUT2D eigenvalue weighted by molar-refractivity contribution is 0.0207. The summed E-state index contributed by atoms with van der Waals surface area (Å²) in [5, 5.41) is 0. The van der Waals surface area contributed by atoms with E-state index in [4.69, 9.17) is 19.2 Å². The Hall–Kier alpha value is -4.58. The first kappa shape index (κ1) is 28.9. The van der Waals surface area contributed by atoms with Crippen LogP contribution in [0.1, 0.15) is 57.5 Å². The van der Waals surface area contributed by atoms with E-state index in [9.17, 15) is 4.79 Å². The number of ether oxygens (including phenoxy) is 3. The fourth-order valence-corrected chi connectivity index (χ4v) is 4.85. The molecule has 5 aromatic rings. The summed E-state index contributed by atoms with van der Waals surface area (Å²) in [7, 11) is 0. The molecule has 42 heavy (non-hydrogen) atoms. The van der Waals surface area contributed by atoms with Gasteiger partial charge in [0.05, 0.1) is 5.52 Å². The summed E-state index contributed by atoms with van der Waals surface area (Å²) >= 11 is 0. The quantitative estimate of drug-likeness (QED) is 0.126. The minimum atomic E-state index is -0.717. The van der Waals surface area contributed by atoms with Gasteiger partial charge >= 0.3 is 6.16 Å². The summed E-state index contributed by atoms with van der Waals surface area (Å²) in [6, 6.07) is 32.2. The number of para-hydroxylation sites is 2. The number of carbonyl (C=O) groups excluding carboxylic acids is 1. The summed E-state index contributed by atoms with van der Waals surface area (Å²) in [4.78, 5) is 17.4. The van der Waals surface area contributed by atoms with Crippen molar-refractivity contribution in [2.75, 3.05) is 0 Å². The second-order valence-electron chi connectivity index (χ2n) is 11.4. The number of unbranched alkanes of at least 4 members (excludes halogenated alkanes) is 1. The van der Waals surface area contributed by atoms with Gasteiger partial charge in [0, 0.05) is 18.5 Å². The Balaban J connectivity index is 1.39. The van der Waals surface area contributed by atoms with Crippen LogP contribution >= 0.6 is 0 Å². The van der Waals surface area contributed by atoms with E-state index in [0.717, 1.165) is 64.1 Å². The molecule has 0 saturated heterocycles. The van der Waals surface area contributed by atoms with E-state index in [-0.39, 0.29) is 0 Å². The zero-order valence-corrected chi connectivity index (χ0v) is 24.8. The maximum atomic E-state index is 12.3. The third-order valence-electron chi connectivity index (χ3n) is 6.89. The summed E-state index contributed by atoms with van der Waals surface area (Å²) in [5.74, 6) is 2.32. The van der Waals surface area contributed by atoms with Crippen LogP contribution in [0.15, 0.2) is 97.1 Å². The predicted octanol–water partition coefficient (Wildman–Crippen LogP) is 8.99. The Morgan fingerprint density at radius 2 is 1.52 bits per heavy atom. The fraction of sp³-hybridized carbons (Fsp3) is 0.278. The van der Waals surface area contributed by atoms with Crippen LogP contribution in [-0.4, -0.2) is 21.3 Å². The van der Waals surface area contributed by atoms with Crippen molar-refractivity contribution in [1.29, 1.82) is 0 Å². The second-order valence-corrected chi connectivity index (χ2v) is 11.4. The number of benzene rings is 4. The number of rotatable bonds is 10. The van der Waals surface area contributed by atoms with Gasteiger partial charge in [-0.25, -0.2) is 9.78 Å². The first-order valence-electron chi connectivity index (χ1n) is 14.5. The zero-order valence-electron chi connectivity index (χ0n) is 24.8. The molecule has 1 heterocycles. The van der Waals surface area contributed by atoms with E-state index in [1.54, 1.807) is 6.07 Å². The number of nitrogens with zero attached hydrogens (tertiary/aromatic N) is 2. The molecule has 0 radical (unpaired) electrons. The maximum Gasteiger partial charge on any atom is 0.514 e. The number of hydrogen-bond donors (Lipinski definition) is 0. The van der Waals surface area contributed by atoms with Crippen LogP contribution in [0.3, 0.4) is 0 Å². The lowest BCUT2D eigenvalue weighted by Crippen LogP contribution is -2.26. The third-order valence-corrected chi connectivity index (χ3v) is 6.89. The van der Waals surface area contributed by atoms with Gasteiger partial charge in [-0.15, -0.1) is 0 Å². The molecule has 0 spiro atoms. The lowest BCUT2D eigenvalue weighted by atomic mass is 10.0. The number of hydrogen-bond acceptors (Lipinski definition) is 5. The molecule has 0 unspecified atom stereocenters. The minimum Gasteiger partial charge on any atom is -0.487 e. The summed E-state index contributed by atoms with van der Waals surface area (Å²) < 4.78 is 19.5. The van der Waals surface area contributed by atoms with Crippen LogP contribution in [-0.2, 0) is 24.3 Å². The Kier molecular flexibility index (Phi) is 8.91. The smallest absolute Gasteiger partial charge is 0.487 e. The normalized spacial score (nSPS) is 11.4. The van der Waals surface area contributed by atoms with Gasteiger partial charge in [-0.3, -0.25) is 0 Å². The number of imidazole rings is 1. The average molecular weight is 563 g/mol. The Bertz CT molecular complexity index is 1630. The van der Waals surface area contributed by atoms with E-state index in [2.05, 4.69) is 54.0 Å². The molecule has 0 aliphatic rings. The van der Waals surface area contributed by atoms with E-state index in [0.29, 0.717) is 18.9 Å². The van der Waals surface area contributed by atoms with E-state index >= 15 is 0 Å². The topological polar surface area (TPSA) is 62.6 Å². The van der Waals surface area contributed by atoms with Crippen molar-refractivity contribution < 1.29 is 19.0 Å². The molecule has 0 atom stereocenters. The highest BCUT2D eigenvalue weighted by Gasteiger charge is 2.20. The van der Waals surface area contributed by atoms with Gasteiger partial charge < -0.3 is 18.8 Å². The SMILES string of the molecule is CCCCc1nc2c(OCc3ccccc3)cccc2n1Cc1ccc(-c2ccccc2OC(=O)OC(C)(C)C)cc1. The molecule has 0 bridgehead atoms. The van der Waals surface area contributed by atoms with Crippen LogP contribution in [0.5, 0.6) is 11.5 Å². The van der Waals surface area contributed by atoms with Gasteiger partial charge in [-0.05, 0) is 62.1 Å². The van der Waals surface area contributed by atoms with Crippen LogP contribution in [0.2, 0.25) is 0 Å². The highest BCUT2D eigenvalue weighted by molar-refractivity contribution is 5.83. The first-order valence-corrected chi connectivity index (χ1v) is 14.5. The standard InChI is InChI=1S/C36H38N2O4/c1-5-6-19-33-37-34-30(16-12-18-32(34)40-25-27-13-8-7-9-14-27)38(33)24-26-20-22-28(23-21-26)29-15-10-11-17-31(29)41-35(39)42-36(2,3)4/h7-18,20-23H,5-6,19,24-25H2,1-4H3. The number of carbonyl (C=O) groups is 1. The summed E-state index contributed by atoms with van der Waals surface area (Å²) in [5.41, 5.74) is 5.38.